The number of nitriles is 1. The van der Waals surface area contributed by atoms with Crippen LogP contribution in [0.15, 0.2) is 54.7 Å². The molecule has 0 amide bonds. The van der Waals surface area contributed by atoms with Crippen molar-refractivity contribution >= 4 is 17.5 Å². The highest BCUT2D eigenvalue weighted by Crippen LogP contribution is 2.17. The predicted octanol–water partition coefficient (Wildman–Crippen LogP) is 3.28. The summed E-state index contributed by atoms with van der Waals surface area (Å²) < 4.78 is 12.9. The average Bonchev–Trinajstić information content (AvgIpc) is 2.64. The molecule has 0 spiro atoms. The molecule has 0 saturated heterocycles. The lowest BCUT2D eigenvalue weighted by molar-refractivity contribution is 0.627. The second kappa shape index (κ2) is 7.84. The van der Waals surface area contributed by atoms with Crippen molar-refractivity contribution in [1.29, 1.82) is 5.26 Å². The molecule has 0 aliphatic heterocycles. The number of rotatable bonds is 6. The third-order valence-electron chi connectivity index (χ3n) is 3.49. The molecule has 0 atom stereocenters. The lowest BCUT2D eigenvalue weighted by Crippen LogP contribution is -2.09. The Labute approximate surface area is 144 Å². The van der Waals surface area contributed by atoms with Gasteiger partial charge in [-0.3, -0.25) is 0 Å². The van der Waals surface area contributed by atoms with Gasteiger partial charge in [-0.15, -0.1) is 5.10 Å². The van der Waals surface area contributed by atoms with Gasteiger partial charge in [0.05, 0.1) is 17.4 Å². The standard InChI is InChI=1S/C18H15FN6/c19-15-7-5-13(6-8-15)9-10-21-17-12-22-25-18(24-17)23-16-4-2-1-3-14(16)11-20/h1-8,12H,9-10H2,(H2,21,23,24,25). The molecular weight excluding hydrogens is 319 g/mol. The molecule has 0 aliphatic rings. The van der Waals surface area contributed by atoms with E-state index in [4.69, 9.17) is 5.26 Å². The fraction of sp³-hybridized carbons (Fsp3) is 0.111. The van der Waals surface area contributed by atoms with Crippen LogP contribution >= 0.6 is 0 Å². The van der Waals surface area contributed by atoms with Crippen molar-refractivity contribution in [3.05, 3.63) is 71.7 Å². The van der Waals surface area contributed by atoms with E-state index in [9.17, 15) is 4.39 Å². The van der Waals surface area contributed by atoms with Gasteiger partial charge < -0.3 is 10.6 Å². The molecule has 124 valence electrons. The van der Waals surface area contributed by atoms with Gasteiger partial charge >= 0.3 is 0 Å². The van der Waals surface area contributed by atoms with Crippen LogP contribution in [0.2, 0.25) is 0 Å². The zero-order valence-electron chi connectivity index (χ0n) is 13.3. The van der Waals surface area contributed by atoms with Crippen LogP contribution in [0, 0.1) is 17.1 Å². The SMILES string of the molecule is N#Cc1ccccc1Nc1nncc(NCCc2ccc(F)cc2)n1. The summed E-state index contributed by atoms with van der Waals surface area (Å²) in [6.07, 6.45) is 2.25. The smallest absolute Gasteiger partial charge is 0.249 e. The molecule has 0 fully saturated rings. The number of anilines is 3. The Morgan fingerprint density at radius 3 is 2.68 bits per heavy atom. The quantitative estimate of drug-likeness (QED) is 0.719. The first-order valence-electron chi connectivity index (χ1n) is 7.69. The predicted molar refractivity (Wildman–Crippen MR) is 92.9 cm³/mol. The Morgan fingerprint density at radius 2 is 1.88 bits per heavy atom. The van der Waals surface area contributed by atoms with E-state index in [2.05, 4.69) is 31.9 Å². The maximum absolute atomic E-state index is 12.9. The van der Waals surface area contributed by atoms with E-state index in [1.54, 1.807) is 30.3 Å². The number of nitrogens with one attached hydrogen (secondary N) is 2. The molecule has 6 nitrogen and oxygen atoms in total. The van der Waals surface area contributed by atoms with Crippen LogP contribution in [-0.4, -0.2) is 21.7 Å². The second-order valence-corrected chi connectivity index (χ2v) is 5.25. The monoisotopic (exact) mass is 334 g/mol. The number of nitrogens with zero attached hydrogens (tertiary/aromatic N) is 4. The van der Waals surface area contributed by atoms with Gasteiger partial charge in [0.15, 0.2) is 5.82 Å². The summed E-state index contributed by atoms with van der Waals surface area (Å²) in [5.41, 5.74) is 2.15. The lowest BCUT2D eigenvalue weighted by Gasteiger charge is -2.08. The van der Waals surface area contributed by atoms with Gasteiger partial charge in [-0.2, -0.15) is 15.3 Å². The van der Waals surface area contributed by atoms with Gasteiger partial charge in [-0.1, -0.05) is 24.3 Å². The minimum Gasteiger partial charge on any atom is -0.368 e. The van der Waals surface area contributed by atoms with E-state index in [-0.39, 0.29) is 5.82 Å². The molecule has 0 saturated carbocycles. The Bertz CT molecular complexity index is 889. The fourth-order valence-electron chi connectivity index (χ4n) is 2.24. The van der Waals surface area contributed by atoms with E-state index in [1.165, 1.54) is 18.3 Å². The summed E-state index contributed by atoms with van der Waals surface area (Å²) in [5, 5.41) is 23.1. The Morgan fingerprint density at radius 1 is 1.08 bits per heavy atom. The van der Waals surface area contributed by atoms with E-state index in [0.29, 0.717) is 29.6 Å². The number of aromatic nitrogens is 3. The number of halogens is 1. The first-order valence-corrected chi connectivity index (χ1v) is 7.69. The molecule has 1 aromatic heterocycles. The molecule has 2 N–H and O–H groups in total. The van der Waals surface area contributed by atoms with Crippen LogP contribution in [0.4, 0.5) is 21.8 Å². The zero-order chi connectivity index (χ0) is 17.5. The van der Waals surface area contributed by atoms with Crippen molar-refractivity contribution in [3.63, 3.8) is 0 Å². The number of para-hydroxylation sites is 1. The molecule has 3 aromatic rings. The zero-order valence-corrected chi connectivity index (χ0v) is 13.3. The van der Waals surface area contributed by atoms with Gasteiger partial charge in [0.1, 0.15) is 11.9 Å². The normalized spacial score (nSPS) is 10.1. The number of hydrogen-bond donors (Lipinski definition) is 2. The average molecular weight is 334 g/mol. The molecule has 0 radical (unpaired) electrons. The minimum atomic E-state index is -0.245. The molecule has 0 unspecified atom stereocenters. The summed E-state index contributed by atoms with van der Waals surface area (Å²) in [6, 6.07) is 15.6. The summed E-state index contributed by atoms with van der Waals surface area (Å²) >= 11 is 0. The summed E-state index contributed by atoms with van der Waals surface area (Å²) in [4.78, 5) is 4.32. The highest BCUT2D eigenvalue weighted by molar-refractivity contribution is 5.63. The molecule has 0 aliphatic carbocycles. The Kier molecular flexibility index (Phi) is 5.12. The van der Waals surface area contributed by atoms with Crippen LogP contribution in [0.5, 0.6) is 0 Å². The second-order valence-electron chi connectivity index (χ2n) is 5.25. The van der Waals surface area contributed by atoms with Crippen molar-refractivity contribution < 1.29 is 4.39 Å². The minimum absolute atomic E-state index is 0.245. The van der Waals surface area contributed by atoms with Crippen molar-refractivity contribution in [2.24, 2.45) is 0 Å². The maximum atomic E-state index is 12.9. The van der Waals surface area contributed by atoms with Crippen molar-refractivity contribution in [3.8, 4) is 6.07 Å². The van der Waals surface area contributed by atoms with Gasteiger partial charge in [-0.05, 0) is 36.2 Å². The molecule has 2 aromatic carbocycles. The van der Waals surface area contributed by atoms with Crippen LogP contribution in [-0.2, 0) is 6.42 Å². The Balaban J connectivity index is 1.61. The fourth-order valence-corrected chi connectivity index (χ4v) is 2.24. The molecule has 3 rings (SSSR count). The molecular formula is C18H15FN6. The van der Waals surface area contributed by atoms with Gasteiger partial charge in [0.25, 0.3) is 0 Å². The van der Waals surface area contributed by atoms with E-state index in [1.807, 2.05) is 6.07 Å². The molecule has 25 heavy (non-hydrogen) atoms. The summed E-state index contributed by atoms with van der Waals surface area (Å²) in [6.45, 7) is 0.624. The summed E-state index contributed by atoms with van der Waals surface area (Å²) in [7, 11) is 0. The number of hydrogen-bond acceptors (Lipinski definition) is 6. The topological polar surface area (TPSA) is 86.5 Å². The van der Waals surface area contributed by atoms with Crippen LogP contribution < -0.4 is 10.6 Å². The third kappa shape index (κ3) is 4.48. The third-order valence-corrected chi connectivity index (χ3v) is 3.49. The van der Waals surface area contributed by atoms with Crippen molar-refractivity contribution in [2.75, 3.05) is 17.2 Å². The van der Waals surface area contributed by atoms with Crippen LogP contribution in [0.1, 0.15) is 11.1 Å². The van der Waals surface area contributed by atoms with Crippen LogP contribution in [0.3, 0.4) is 0 Å². The highest BCUT2D eigenvalue weighted by atomic mass is 19.1. The van der Waals surface area contributed by atoms with E-state index >= 15 is 0 Å². The summed E-state index contributed by atoms with van der Waals surface area (Å²) in [5.74, 6) is 0.619. The van der Waals surface area contributed by atoms with Crippen LogP contribution in [0.25, 0.3) is 0 Å². The van der Waals surface area contributed by atoms with Crippen molar-refractivity contribution in [1.82, 2.24) is 15.2 Å². The Hall–Kier alpha value is -3.53. The lowest BCUT2D eigenvalue weighted by atomic mass is 10.1. The molecule has 1 heterocycles. The largest absolute Gasteiger partial charge is 0.368 e. The molecule has 0 bridgehead atoms. The van der Waals surface area contributed by atoms with Crippen molar-refractivity contribution in [2.45, 2.75) is 6.42 Å². The van der Waals surface area contributed by atoms with E-state index < -0.39 is 0 Å². The maximum Gasteiger partial charge on any atom is 0.249 e. The number of benzene rings is 2. The van der Waals surface area contributed by atoms with E-state index in [0.717, 1.165) is 12.0 Å². The van der Waals surface area contributed by atoms with Gasteiger partial charge in [0.2, 0.25) is 5.95 Å². The molecule has 7 heteroatoms. The highest BCUT2D eigenvalue weighted by Gasteiger charge is 2.05. The van der Waals surface area contributed by atoms with Gasteiger partial charge in [0, 0.05) is 6.54 Å². The first-order chi connectivity index (χ1) is 12.2. The van der Waals surface area contributed by atoms with Gasteiger partial charge in [-0.25, -0.2) is 4.39 Å². The first kappa shape index (κ1) is 16.3.